The van der Waals surface area contributed by atoms with Gasteiger partial charge in [0.05, 0.1) is 11.5 Å². The van der Waals surface area contributed by atoms with Gasteiger partial charge < -0.3 is 10.1 Å². The third-order valence-electron chi connectivity index (χ3n) is 2.22. The number of nitrogens with one attached hydrogen (secondary N) is 1. The second-order valence-corrected chi connectivity index (χ2v) is 3.81. The van der Waals surface area contributed by atoms with Crippen LogP contribution in [0, 0.1) is 10.1 Å². The van der Waals surface area contributed by atoms with Crippen LogP contribution >= 0.6 is 0 Å². The number of carbonyl (C=O) groups excluding carboxylic acids is 2. The molecule has 1 rings (SSSR count). The Balaban J connectivity index is 3.02. The van der Waals surface area contributed by atoms with Crippen LogP contribution in [0.25, 0.3) is 6.08 Å². The zero-order chi connectivity index (χ0) is 15.1. The van der Waals surface area contributed by atoms with Crippen molar-refractivity contribution >= 4 is 23.6 Å². The van der Waals surface area contributed by atoms with Crippen LogP contribution in [0.15, 0.2) is 30.0 Å². The van der Waals surface area contributed by atoms with Crippen molar-refractivity contribution in [2.75, 3.05) is 6.61 Å². The molecule has 0 aliphatic rings. The molecular weight excluding hydrogens is 264 g/mol. The summed E-state index contributed by atoms with van der Waals surface area (Å²) in [5, 5.41) is 12.9. The van der Waals surface area contributed by atoms with Crippen LogP contribution in [0.5, 0.6) is 0 Å². The summed E-state index contributed by atoms with van der Waals surface area (Å²) in [5.41, 5.74) is 0.458. The number of nitro groups is 1. The summed E-state index contributed by atoms with van der Waals surface area (Å²) in [7, 11) is 0. The van der Waals surface area contributed by atoms with E-state index in [1.54, 1.807) is 6.92 Å². The van der Waals surface area contributed by atoms with Gasteiger partial charge in [0.25, 0.3) is 5.69 Å². The van der Waals surface area contributed by atoms with E-state index in [1.807, 2.05) is 0 Å². The monoisotopic (exact) mass is 278 g/mol. The van der Waals surface area contributed by atoms with Gasteiger partial charge >= 0.3 is 5.97 Å². The highest BCUT2D eigenvalue weighted by Crippen LogP contribution is 2.14. The number of carbonyl (C=O) groups is 2. The summed E-state index contributed by atoms with van der Waals surface area (Å²) < 4.78 is 4.81. The molecule has 0 atom stereocenters. The minimum absolute atomic E-state index is 0.0202. The summed E-state index contributed by atoms with van der Waals surface area (Å²) in [6.45, 7) is 3.09. The molecule has 0 spiro atoms. The fourth-order valence-corrected chi connectivity index (χ4v) is 1.40. The Bertz CT molecular complexity index is 548. The number of nitro benzene ring substituents is 1. The lowest BCUT2D eigenvalue weighted by Crippen LogP contribution is -2.26. The topological polar surface area (TPSA) is 98.5 Å². The average molecular weight is 278 g/mol. The molecule has 1 amide bonds. The van der Waals surface area contributed by atoms with Crippen molar-refractivity contribution in [2.45, 2.75) is 13.8 Å². The zero-order valence-electron chi connectivity index (χ0n) is 11.1. The zero-order valence-corrected chi connectivity index (χ0v) is 11.1. The molecule has 7 nitrogen and oxygen atoms in total. The predicted molar refractivity (Wildman–Crippen MR) is 71.5 cm³/mol. The normalized spacial score (nSPS) is 10.8. The first-order chi connectivity index (χ1) is 9.43. The predicted octanol–water partition coefficient (Wildman–Crippen LogP) is 1.63. The maximum atomic E-state index is 11.6. The van der Waals surface area contributed by atoms with E-state index in [-0.39, 0.29) is 18.0 Å². The molecule has 0 unspecified atom stereocenters. The summed E-state index contributed by atoms with van der Waals surface area (Å²) in [5.74, 6) is -1.08. The molecular formula is C13H14N2O5. The van der Waals surface area contributed by atoms with Crippen molar-refractivity contribution in [3.63, 3.8) is 0 Å². The molecule has 1 aromatic rings. The van der Waals surface area contributed by atoms with Crippen molar-refractivity contribution in [3.05, 3.63) is 45.6 Å². The lowest BCUT2D eigenvalue weighted by molar-refractivity contribution is -0.384. The van der Waals surface area contributed by atoms with Crippen LogP contribution in [0.3, 0.4) is 0 Å². The maximum Gasteiger partial charge on any atom is 0.354 e. The van der Waals surface area contributed by atoms with E-state index in [0.717, 1.165) is 0 Å². The molecule has 0 fully saturated rings. The second-order valence-electron chi connectivity index (χ2n) is 3.81. The molecule has 0 radical (unpaired) electrons. The van der Waals surface area contributed by atoms with Crippen LogP contribution in [0.2, 0.25) is 0 Å². The minimum atomic E-state index is -0.666. The molecule has 0 aromatic heterocycles. The molecule has 20 heavy (non-hydrogen) atoms. The van der Waals surface area contributed by atoms with Crippen molar-refractivity contribution < 1.29 is 19.2 Å². The number of rotatable bonds is 5. The Morgan fingerprint density at radius 2 is 1.95 bits per heavy atom. The number of ether oxygens (including phenoxy) is 1. The first-order valence-electron chi connectivity index (χ1n) is 5.85. The highest BCUT2D eigenvalue weighted by molar-refractivity contribution is 5.97. The van der Waals surface area contributed by atoms with Gasteiger partial charge in [0.2, 0.25) is 5.91 Å². The highest BCUT2D eigenvalue weighted by atomic mass is 16.6. The molecule has 7 heteroatoms. The number of amides is 1. The van der Waals surface area contributed by atoms with Crippen molar-refractivity contribution in [1.82, 2.24) is 5.32 Å². The van der Waals surface area contributed by atoms with Crippen molar-refractivity contribution in [3.8, 4) is 0 Å². The first kappa shape index (κ1) is 15.4. The largest absolute Gasteiger partial charge is 0.461 e. The van der Waals surface area contributed by atoms with Crippen LogP contribution in [0.4, 0.5) is 5.69 Å². The number of nitrogens with zero attached hydrogens (tertiary/aromatic N) is 1. The Hall–Kier alpha value is -2.70. The Kier molecular flexibility index (Phi) is 5.40. The maximum absolute atomic E-state index is 11.6. The molecule has 0 saturated heterocycles. The van der Waals surface area contributed by atoms with Crippen LogP contribution in [0.1, 0.15) is 19.4 Å². The molecule has 0 aliphatic heterocycles. The second kappa shape index (κ2) is 7.03. The van der Waals surface area contributed by atoms with Gasteiger partial charge in [-0.25, -0.2) is 4.79 Å². The molecule has 0 saturated carbocycles. The summed E-state index contributed by atoms with van der Waals surface area (Å²) in [6, 6.07) is 5.56. The van der Waals surface area contributed by atoms with Gasteiger partial charge in [0.1, 0.15) is 5.70 Å². The molecule has 0 heterocycles. The highest BCUT2D eigenvalue weighted by Gasteiger charge is 2.12. The quantitative estimate of drug-likeness (QED) is 0.382. The Morgan fingerprint density at radius 3 is 2.40 bits per heavy atom. The lowest BCUT2D eigenvalue weighted by atomic mass is 10.1. The summed E-state index contributed by atoms with van der Waals surface area (Å²) in [6.07, 6.45) is 1.39. The lowest BCUT2D eigenvalue weighted by Gasteiger charge is -2.07. The van der Waals surface area contributed by atoms with Crippen LogP contribution < -0.4 is 5.32 Å². The van der Waals surface area contributed by atoms with Gasteiger partial charge in [-0.05, 0) is 30.7 Å². The summed E-state index contributed by atoms with van der Waals surface area (Å²) in [4.78, 5) is 32.7. The number of hydrogen-bond acceptors (Lipinski definition) is 5. The molecule has 0 bridgehead atoms. The molecule has 1 aromatic carbocycles. The SMILES string of the molecule is CCOC(=O)/C(=C\c1ccc([N+](=O)[O-])cc1)NC(C)=O. The third kappa shape index (κ3) is 4.52. The van der Waals surface area contributed by atoms with E-state index in [9.17, 15) is 19.7 Å². The fraction of sp³-hybridized carbons (Fsp3) is 0.231. The standard InChI is InChI=1S/C13H14N2O5/c1-3-20-13(17)12(14-9(2)16)8-10-4-6-11(7-5-10)15(18)19/h4-8H,3H2,1-2H3,(H,14,16)/b12-8+. The van der Waals surface area contributed by atoms with Gasteiger partial charge in [0, 0.05) is 19.1 Å². The number of esters is 1. The van der Waals surface area contributed by atoms with E-state index in [0.29, 0.717) is 5.56 Å². The van der Waals surface area contributed by atoms with Crippen molar-refractivity contribution in [1.29, 1.82) is 0 Å². The number of non-ortho nitro benzene ring substituents is 1. The van der Waals surface area contributed by atoms with E-state index in [2.05, 4.69) is 5.32 Å². The van der Waals surface area contributed by atoms with E-state index >= 15 is 0 Å². The summed E-state index contributed by atoms with van der Waals surface area (Å²) >= 11 is 0. The Labute approximate surface area is 115 Å². The molecule has 0 aliphatic carbocycles. The van der Waals surface area contributed by atoms with E-state index < -0.39 is 16.8 Å². The van der Waals surface area contributed by atoms with E-state index in [1.165, 1.54) is 37.3 Å². The van der Waals surface area contributed by atoms with Gasteiger partial charge in [0.15, 0.2) is 0 Å². The van der Waals surface area contributed by atoms with Crippen LogP contribution in [-0.4, -0.2) is 23.4 Å². The number of benzene rings is 1. The third-order valence-corrected chi connectivity index (χ3v) is 2.22. The van der Waals surface area contributed by atoms with Crippen molar-refractivity contribution in [2.24, 2.45) is 0 Å². The average Bonchev–Trinajstić information content (AvgIpc) is 2.38. The van der Waals surface area contributed by atoms with Gasteiger partial charge in [-0.2, -0.15) is 0 Å². The van der Waals surface area contributed by atoms with Gasteiger partial charge in [-0.1, -0.05) is 0 Å². The molecule has 106 valence electrons. The Morgan fingerprint density at radius 1 is 1.35 bits per heavy atom. The van der Waals surface area contributed by atoms with Gasteiger partial charge in [-0.3, -0.25) is 14.9 Å². The first-order valence-corrected chi connectivity index (χ1v) is 5.85. The van der Waals surface area contributed by atoms with E-state index in [4.69, 9.17) is 4.74 Å². The number of hydrogen-bond donors (Lipinski definition) is 1. The van der Waals surface area contributed by atoms with Crippen LogP contribution in [-0.2, 0) is 14.3 Å². The van der Waals surface area contributed by atoms with Gasteiger partial charge in [-0.15, -0.1) is 0 Å². The minimum Gasteiger partial charge on any atom is -0.461 e. The fourth-order valence-electron chi connectivity index (χ4n) is 1.40. The molecule has 1 N–H and O–H groups in total. The smallest absolute Gasteiger partial charge is 0.354 e.